The van der Waals surface area contributed by atoms with Gasteiger partial charge >= 0.3 is 0 Å². The molecule has 0 bridgehead atoms. The third-order valence-electron chi connectivity index (χ3n) is 6.18. The van der Waals surface area contributed by atoms with E-state index in [-0.39, 0.29) is 11.8 Å². The molecule has 2 fully saturated rings. The predicted molar refractivity (Wildman–Crippen MR) is 113 cm³/mol. The second-order valence-electron chi connectivity index (χ2n) is 8.10. The van der Waals surface area contributed by atoms with Crippen LogP contribution in [0.15, 0.2) is 33.6 Å². The summed E-state index contributed by atoms with van der Waals surface area (Å²) in [5.41, 5.74) is 1.24. The Bertz CT molecular complexity index is 1020. The zero-order chi connectivity index (χ0) is 21.3. The van der Waals surface area contributed by atoms with Gasteiger partial charge in [0.1, 0.15) is 5.76 Å². The zero-order valence-electron chi connectivity index (χ0n) is 17.6. The standard InChI is InChI=1S/C22H29N3O4S/c1-3-17-8-4-5-9-19(17)30(27,28)25-14-10-18(11-15-25)21-23-20(16(2)29-21)22(26)24-12-6-7-13-24/h4-5,8-9,18H,3,6-7,10-15H2,1-2H3. The molecule has 2 saturated heterocycles. The molecule has 1 aromatic heterocycles. The molecule has 8 heteroatoms. The summed E-state index contributed by atoms with van der Waals surface area (Å²) in [5.74, 6) is 1.07. The van der Waals surface area contributed by atoms with Crippen molar-refractivity contribution < 1.29 is 17.6 Å². The number of sulfonamides is 1. The summed E-state index contributed by atoms with van der Waals surface area (Å²) in [6.45, 7) is 6.13. The molecule has 0 aliphatic carbocycles. The molecule has 162 valence electrons. The van der Waals surface area contributed by atoms with Crippen LogP contribution in [-0.4, -0.2) is 54.7 Å². The first kappa shape index (κ1) is 21.1. The monoisotopic (exact) mass is 431 g/mol. The van der Waals surface area contributed by atoms with Crippen LogP contribution in [0.1, 0.15) is 66.2 Å². The van der Waals surface area contributed by atoms with Crippen LogP contribution < -0.4 is 0 Å². The van der Waals surface area contributed by atoms with E-state index in [2.05, 4.69) is 4.98 Å². The Kier molecular flexibility index (Phi) is 5.97. The Labute approximate surface area is 178 Å². The molecule has 3 heterocycles. The maximum absolute atomic E-state index is 13.1. The van der Waals surface area contributed by atoms with Crippen molar-refractivity contribution in [1.29, 1.82) is 0 Å². The molecule has 2 aromatic rings. The average molecular weight is 432 g/mol. The molecule has 0 spiro atoms. The molecule has 30 heavy (non-hydrogen) atoms. The van der Waals surface area contributed by atoms with Crippen molar-refractivity contribution in [3.8, 4) is 0 Å². The quantitative estimate of drug-likeness (QED) is 0.725. The lowest BCUT2D eigenvalue weighted by atomic mass is 9.98. The molecule has 2 aliphatic heterocycles. The molecule has 0 atom stereocenters. The fourth-order valence-electron chi connectivity index (χ4n) is 4.39. The maximum atomic E-state index is 13.1. The number of benzene rings is 1. The third-order valence-corrected chi connectivity index (χ3v) is 8.18. The van der Waals surface area contributed by atoms with Gasteiger partial charge in [0.2, 0.25) is 10.0 Å². The number of carbonyl (C=O) groups is 1. The molecule has 7 nitrogen and oxygen atoms in total. The minimum absolute atomic E-state index is 0.0247. The molecular weight excluding hydrogens is 402 g/mol. The summed E-state index contributed by atoms with van der Waals surface area (Å²) in [6.07, 6.45) is 4.00. The van der Waals surface area contributed by atoms with Gasteiger partial charge in [0, 0.05) is 32.1 Å². The van der Waals surface area contributed by atoms with Gasteiger partial charge in [-0.25, -0.2) is 13.4 Å². The Morgan fingerprint density at radius 3 is 2.47 bits per heavy atom. The Morgan fingerprint density at radius 2 is 1.80 bits per heavy atom. The van der Waals surface area contributed by atoms with E-state index in [9.17, 15) is 13.2 Å². The van der Waals surface area contributed by atoms with E-state index in [0.717, 1.165) is 31.5 Å². The number of piperidine rings is 1. The van der Waals surface area contributed by atoms with Crippen molar-refractivity contribution in [2.45, 2.75) is 56.8 Å². The maximum Gasteiger partial charge on any atom is 0.276 e. The fraction of sp³-hybridized carbons (Fsp3) is 0.545. The van der Waals surface area contributed by atoms with Gasteiger partial charge in [-0.1, -0.05) is 25.1 Å². The first-order chi connectivity index (χ1) is 14.4. The first-order valence-electron chi connectivity index (χ1n) is 10.8. The molecule has 0 radical (unpaired) electrons. The van der Waals surface area contributed by atoms with Crippen LogP contribution >= 0.6 is 0 Å². The van der Waals surface area contributed by atoms with E-state index < -0.39 is 10.0 Å². The predicted octanol–water partition coefficient (Wildman–Crippen LogP) is 3.35. The normalized spacial score (nSPS) is 18.8. The second-order valence-corrected chi connectivity index (χ2v) is 10.0. The van der Waals surface area contributed by atoms with Crippen LogP contribution in [0.2, 0.25) is 0 Å². The van der Waals surface area contributed by atoms with E-state index in [1.807, 2.05) is 24.0 Å². The van der Waals surface area contributed by atoms with Crippen LogP contribution in [0, 0.1) is 6.92 Å². The number of oxazole rings is 1. The largest absolute Gasteiger partial charge is 0.445 e. The van der Waals surface area contributed by atoms with Gasteiger partial charge in [-0.2, -0.15) is 4.31 Å². The number of carbonyl (C=O) groups excluding carboxylic acids is 1. The van der Waals surface area contributed by atoms with Crippen molar-refractivity contribution in [3.05, 3.63) is 47.2 Å². The number of aryl methyl sites for hydroxylation is 2. The second kappa shape index (κ2) is 8.51. The van der Waals surface area contributed by atoms with Gasteiger partial charge in [-0.15, -0.1) is 0 Å². The highest BCUT2D eigenvalue weighted by Gasteiger charge is 2.34. The van der Waals surface area contributed by atoms with Gasteiger partial charge in [0.25, 0.3) is 5.91 Å². The zero-order valence-corrected chi connectivity index (χ0v) is 18.5. The van der Waals surface area contributed by atoms with E-state index in [1.165, 1.54) is 0 Å². The van der Waals surface area contributed by atoms with Crippen molar-refractivity contribution in [2.24, 2.45) is 0 Å². The summed E-state index contributed by atoms with van der Waals surface area (Å²) < 4.78 is 33.7. The minimum atomic E-state index is -3.52. The number of likely N-dealkylation sites (tertiary alicyclic amines) is 1. The first-order valence-corrected chi connectivity index (χ1v) is 12.2. The highest BCUT2D eigenvalue weighted by atomic mass is 32.2. The summed E-state index contributed by atoms with van der Waals surface area (Å²) in [7, 11) is -3.52. The average Bonchev–Trinajstić information content (AvgIpc) is 3.43. The number of amides is 1. The molecule has 0 N–H and O–H groups in total. The van der Waals surface area contributed by atoms with Crippen molar-refractivity contribution in [2.75, 3.05) is 26.2 Å². The van der Waals surface area contributed by atoms with Gasteiger partial charge in [0.15, 0.2) is 11.6 Å². The molecule has 1 amide bonds. The van der Waals surface area contributed by atoms with Crippen LogP contribution in [0.4, 0.5) is 0 Å². The molecule has 2 aliphatic rings. The smallest absolute Gasteiger partial charge is 0.276 e. The minimum Gasteiger partial charge on any atom is -0.445 e. The lowest BCUT2D eigenvalue weighted by Crippen LogP contribution is -2.38. The lowest BCUT2D eigenvalue weighted by Gasteiger charge is -2.30. The van der Waals surface area contributed by atoms with Crippen LogP contribution in [-0.2, 0) is 16.4 Å². The molecule has 0 unspecified atom stereocenters. The van der Waals surface area contributed by atoms with Crippen LogP contribution in [0.5, 0.6) is 0 Å². The highest BCUT2D eigenvalue weighted by Crippen LogP contribution is 2.32. The Morgan fingerprint density at radius 1 is 1.13 bits per heavy atom. The van der Waals surface area contributed by atoms with Gasteiger partial charge in [-0.05, 0) is 50.7 Å². The number of hydrogen-bond acceptors (Lipinski definition) is 5. The SMILES string of the molecule is CCc1ccccc1S(=O)(=O)N1CCC(c2nc(C(=O)N3CCCC3)c(C)o2)CC1. The van der Waals surface area contributed by atoms with E-state index in [1.54, 1.807) is 23.4 Å². The Hall–Kier alpha value is -2.19. The number of hydrogen-bond donors (Lipinski definition) is 0. The van der Waals surface area contributed by atoms with Crippen molar-refractivity contribution in [3.63, 3.8) is 0 Å². The topological polar surface area (TPSA) is 83.7 Å². The van der Waals surface area contributed by atoms with Gasteiger partial charge in [-0.3, -0.25) is 4.79 Å². The van der Waals surface area contributed by atoms with E-state index >= 15 is 0 Å². The number of aromatic nitrogens is 1. The van der Waals surface area contributed by atoms with Crippen molar-refractivity contribution >= 4 is 15.9 Å². The van der Waals surface area contributed by atoms with Gasteiger partial charge < -0.3 is 9.32 Å². The van der Waals surface area contributed by atoms with E-state index in [0.29, 0.717) is 54.6 Å². The third kappa shape index (κ3) is 3.90. The van der Waals surface area contributed by atoms with Gasteiger partial charge in [0.05, 0.1) is 4.90 Å². The Balaban J connectivity index is 1.46. The number of nitrogens with zero attached hydrogens (tertiary/aromatic N) is 3. The summed E-state index contributed by atoms with van der Waals surface area (Å²) in [5, 5.41) is 0. The highest BCUT2D eigenvalue weighted by molar-refractivity contribution is 7.89. The fourth-order valence-corrected chi connectivity index (χ4v) is 6.15. The molecule has 4 rings (SSSR count). The van der Waals surface area contributed by atoms with Crippen LogP contribution in [0.3, 0.4) is 0 Å². The van der Waals surface area contributed by atoms with Crippen molar-refractivity contribution in [1.82, 2.24) is 14.2 Å². The van der Waals surface area contributed by atoms with Crippen LogP contribution in [0.25, 0.3) is 0 Å². The summed E-state index contributed by atoms with van der Waals surface area (Å²) in [6, 6.07) is 7.20. The lowest BCUT2D eigenvalue weighted by molar-refractivity contribution is 0.0786. The summed E-state index contributed by atoms with van der Waals surface area (Å²) >= 11 is 0. The summed E-state index contributed by atoms with van der Waals surface area (Å²) in [4.78, 5) is 19.4. The number of rotatable bonds is 5. The molecule has 1 aromatic carbocycles. The molecular formula is C22H29N3O4S. The molecule has 0 saturated carbocycles. The van der Waals surface area contributed by atoms with E-state index in [4.69, 9.17) is 4.42 Å².